The molecule has 0 aliphatic heterocycles. The maximum Gasteiger partial charge on any atom is 0.188 e. The van der Waals surface area contributed by atoms with Crippen molar-refractivity contribution < 1.29 is 9.90 Å². The van der Waals surface area contributed by atoms with E-state index in [1.165, 1.54) is 11.3 Å². The van der Waals surface area contributed by atoms with Gasteiger partial charge in [0.1, 0.15) is 0 Å². The fraction of sp³-hybridized carbons (Fsp3) is 0.0588. The normalized spacial score (nSPS) is 10.6. The van der Waals surface area contributed by atoms with Gasteiger partial charge in [-0.2, -0.15) is 0 Å². The lowest BCUT2D eigenvalue weighted by molar-refractivity contribution is -0.304. The highest BCUT2D eigenvalue weighted by Crippen LogP contribution is 2.35. The van der Waals surface area contributed by atoms with Gasteiger partial charge >= 0.3 is 0 Å². The highest BCUT2D eigenvalue weighted by atomic mass is 35.5. The van der Waals surface area contributed by atoms with Gasteiger partial charge in [-0.15, -0.1) is 11.3 Å². The van der Waals surface area contributed by atoms with Crippen molar-refractivity contribution in [3.8, 4) is 11.3 Å². The maximum absolute atomic E-state index is 11.0. The molecule has 1 N–H and O–H groups in total. The molecule has 0 bridgehead atoms. The van der Waals surface area contributed by atoms with Crippen molar-refractivity contribution in [1.29, 1.82) is 0 Å². The van der Waals surface area contributed by atoms with E-state index in [2.05, 4.69) is 10.3 Å². The smallest absolute Gasteiger partial charge is 0.188 e. The zero-order chi connectivity index (χ0) is 17.1. The lowest BCUT2D eigenvalue weighted by Crippen LogP contribution is -2.24. The van der Waals surface area contributed by atoms with Gasteiger partial charge in [0, 0.05) is 27.9 Å². The quantitative estimate of drug-likeness (QED) is 0.724. The first-order valence-electron chi connectivity index (χ1n) is 7.00. The van der Waals surface area contributed by atoms with Crippen molar-refractivity contribution in [2.45, 2.75) is 6.42 Å². The summed E-state index contributed by atoms with van der Waals surface area (Å²) in [6.07, 6.45) is -0.197. The zero-order valence-corrected chi connectivity index (χ0v) is 14.6. The summed E-state index contributed by atoms with van der Waals surface area (Å²) in [4.78, 5) is 16.2. The maximum atomic E-state index is 11.0. The Morgan fingerprint density at radius 1 is 1.17 bits per heavy atom. The molecular formula is C17H11Cl2N2O2S-. The Balaban J connectivity index is 1.97. The Hall–Kier alpha value is -2.08. The minimum absolute atomic E-state index is 0.197. The Morgan fingerprint density at radius 2 is 1.92 bits per heavy atom. The molecule has 3 rings (SSSR count). The van der Waals surface area contributed by atoms with Gasteiger partial charge in [0.05, 0.1) is 16.4 Å². The second kappa shape index (κ2) is 7.21. The topological polar surface area (TPSA) is 65.0 Å². The van der Waals surface area contributed by atoms with Crippen molar-refractivity contribution >= 4 is 51.3 Å². The minimum atomic E-state index is -1.15. The van der Waals surface area contributed by atoms with Crippen LogP contribution in [0.25, 0.3) is 11.3 Å². The number of hydrogen-bond donors (Lipinski definition) is 1. The molecule has 0 amide bonds. The molecule has 1 heterocycles. The average molecular weight is 378 g/mol. The standard InChI is InChI=1S/C17H12Cl2N2O2S/c18-11-6-7-13(12(19)8-11)20-17-21-16(10-4-2-1-3-5-10)14(24-17)9-15(22)23/h1-8H,9H2,(H,20,21)(H,22,23)/p-1. The van der Waals surface area contributed by atoms with Crippen LogP contribution in [0.2, 0.25) is 10.0 Å². The van der Waals surface area contributed by atoms with Crippen LogP contribution in [-0.4, -0.2) is 11.0 Å². The number of rotatable bonds is 5. The van der Waals surface area contributed by atoms with Crippen LogP contribution in [0.5, 0.6) is 0 Å². The van der Waals surface area contributed by atoms with E-state index < -0.39 is 5.97 Å². The monoisotopic (exact) mass is 377 g/mol. The largest absolute Gasteiger partial charge is 0.550 e. The molecule has 122 valence electrons. The molecule has 1 aromatic heterocycles. The van der Waals surface area contributed by atoms with E-state index in [-0.39, 0.29) is 6.42 Å². The summed E-state index contributed by atoms with van der Waals surface area (Å²) in [6, 6.07) is 14.5. The fourth-order valence-electron chi connectivity index (χ4n) is 2.18. The second-order valence-electron chi connectivity index (χ2n) is 4.95. The summed E-state index contributed by atoms with van der Waals surface area (Å²) in [5.74, 6) is -1.15. The number of carbonyl (C=O) groups is 1. The summed E-state index contributed by atoms with van der Waals surface area (Å²) in [6.45, 7) is 0. The van der Waals surface area contributed by atoms with Gasteiger partial charge in [0.15, 0.2) is 5.13 Å². The number of halogens is 2. The van der Waals surface area contributed by atoms with E-state index in [4.69, 9.17) is 23.2 Å². The molecule has 0 spiro atoms. The zero-order valence-electron chi connectivity index (χ0n) is 12.3. The lowest BCUT2D eigenvalue weighted by Gasteiger charge is -2.05. The molecule has 24 heavy (non-hydrogen) atoms. The van der Waals surface area contributed by atoms with Crippen LogP contribution in [0, 0.1) is 0 Å². The van der Waals surface area contributed by atoms with E-state index in [9.17, 15) is 9.90 Å². The predicted octanol–water partition coefficient (Wildman–Crippen LogP) is 4.15. The van der Waals surface area contributed by atoms with Crippen LogP contribution < -0.4 is 10.4 Å². The first kappa shape index (κ1) is 16.8. The number of hydrogen-bond acceptors (Lipinski definition) is 5. The molecule has 3 aromatic rings. The van der Waals surface area contributed by atoms with Crippen LogP contribution in [-0.2, 0) is 11.2 Å². The average Bonchev–Trinajstić information content (AvgIpc) is 2.93. The first-order valence-corrected chi connectivity index (χ1v) is 8.57. The third-order valence-corrected chi connectivity index (χ3v) is 4.74. The number of carboxylic acid groups (broad SMARTS) is 1. The third kappa shape index (κ3) is 3.87. The molecule has 0 aliphatic carbocycles. The number of carbonyl (C=O) groups excluding carboxylic acids is 1. The predicted molar refractivity (Wildman–Crippen MR) is 96.0 cm³/mol. The summed E-state index contributed by atoms with van der Waals surface area (Å²) >= 11 is 13.3. The number of anilines is 2. The third-order valence-electron chi connectivity index (χ3n) is 3.22. The fourth-order valence-corrected chi connectivity index (χ4v) is 3.62. The minimum Gasteiger partial charge on any atom is -0.550 e. The number of carboxylic acids is 1. The van der Waals surface area contributed by atoms with Crippen LogP contribution in [0.1, 0.15) is 4.88 Å². The molecule has 4 nitrogen and oxygen atoms in total. The van der Waals surface area contributed by atoms with Gasteiger partial charge in [0.2, 0.25) is 0 Å². The van der Waals surface area contributed by atoms with Crippen molar-refractivity contribution in [2.24, 2.45) is 0 Å². The van der Waals surface area contributed by atoms with Gasteiger partial charge in [-0.3, -0.25) is 0 Å². The molecule has 2 aromatic carbocycles. The van der Waals surface area contributed by atoms with Crippen molar-refractivity contribution in [3.05, 3.63) is 63.5 Å². The number of aromatic nitrogens is 1. The van der Waals surface area contributed by atoms with Gasteiger partial charge in [-0.1, -0.05) is 53.5 Å². The van der Waals surface area contributed by atoms with Crippen LogP contribution in [0.4, 0.5) is 10.8 Å². The number of benzene rings is 2. The van der Waals surface area contributed by atoms with E-state index in [0.717, 1.165) is 5.56 Å². The van der Waals surface area contributed by atoms with Crippen molar-refractivity contribution in [3.63, 3.8) is 0 Å². The molecular weight excluding hydrogens is 367 g/mol. The SMILES string of the molecule is O=C([O-])Cc1sc(Nc2ccc(Cl)cc2Cl)nc1-c1ccccc1. The molecule has 0 saturated heterocycles. The molecule has 0 radical (unpaired) electrons. The van der Waals surface area contributed by atoms with Crippen LogP contribution >= 0.6 is 34.5 Å². The molecule has 7 heteroatoms. The lowest BCUT2D eigenvalue weighted by atomic mass is 10.1. The Bertz CT molecular complexity index is 882. The molecule has 0 fully saturated rings. The summed E-state index contributed by atoms with van der Waals surface area (Å²) < 4.78 is 0. The Morgan fingerprint density at radius 3 is 2.58 bits per heavy atom. The van der Waals surface area contributed by atoms with Gasteiger partial charge in [0.25, 0.3) is 0 Å². The number of thiazole rings is 1. The molecule has 0 unspecified atom stereocenters. The van der Waals surface area contributed by atoms with E-state index in [1.807, 2.05) is 30.3 Å². The van der Waals surface area contributed by atoms with Crippen molar-refractivity contribution in [1.82, 2.24) is 4.98 Å². The van der Waals surface area contributed by atoms with Crippen molar-refractivity contribution in [2.75, 3.05) is 5.32 Å². The Kier molecular flexibility index (Phi) is 5.04. The van der Waals surface area contributed by atoms with Gasteiger partial charge < -0.3 is 15.2 Å². The number of nitrogens with zero attached hydrogens (tertiary/aromatic N) is 1. The summed E-state index contributed by atoms with van der Waals surface area (Å²) in [7, 11) is 0. The highest BCUT2D eigenvalue weighted by molar-refractivity contribution is 7.16. The van der Waals surface area contributed by atoms with Gasteiger partial charge in [-0.05, 0) is 18.2 Å². The van der Waals surface area contributed by atoms with E-state index in [1.54, 1.807) is 18.2 Å². The second-order valence-corrected chi connectivity index (χ2v) is 6.88. The van der Waals surface area contributed by atoms with E-state index in [0.29, 0.717) is 31.4 Å². The molecule has 0 saturated carbocycles. The van der Waals surface area contributed by atoms with Gasteiger partial charge in [-0.25, -0.2) is 4.98 Å². The summed E-state index contributed by atoms with van der Waals surface area (Å²) in [5.41, 5.74) is 2.12. The highest BCUT2D eigenvalue weighted by Gasteiger charge is 2.14. The van der Waals surface area contributed by atoms with Crippen LogP contribution in [0.15, 0.2) is 48.5 Å². The number of nitrogens with one attached hydrogen (secondary N) is 1. The number of aliphatic carboxylic acids is 1. The molecule has 0 aliphatic rings. The first-order chi connectivity index (χ1) is 11.5. The van der Waals surface area contributed by atoms with Crippen LogP contribution in [0.3, 0.4) is 0 Å². The molecule has 0 atom stereocenters. The van der Waals surface area contributed by atoms with E-state index >= 15 is 0 Å². The summed E-state index contributed by atoms with van der Waals surface area (Å²) in [5, 5.41) is 15.7. The Labute approximate surface area is 152 Å².